The van der Waals surface area contributed by atoms with Crippen molar-refractivity contribution in [3.05, 3.63) is 24.3 Å². The molecule has 0 aliphatic heterocycles. The summed E-state index contributed by atoms with van der Waals surface area (Å²) in [5.41, 5.74) is 0.898. The maximum absolute atomic E-state index is 10.5. The molecule has 0 aliphatic carbocycles. The van der Waals surface area contributed by atoms with E-state index in [0.717, 1.165) is 11.4 Å². The Hall–Kier alpha value is -1.71. The fourth-order valence-electron chi connectivity index (χ4n) is 1.50. The second-order valence-corrected chi connectivity index (χ2v) is 4.33. The van der Waals surface area contributed by atoms with Crippen molar-refractivity contribution < 1.29 is 14.6 Å². The number of nitrogens with one attached hydrogen (secondary N) is 1. The molecule has 1 atom stereocenters. The topological polar surface area (TPSA) is 58.6 Å². The number of carbonyl (C=O) groups is 1. The van der Waals surface area contributed by atoms with E-state index in [-0.39, 0.29) is 18.6 Å². The van der Waals surface area contributed by atoms with Crippen molar-refractivity contribution in [1.82, 2.24) is 0 Å². The van der Waals surface area contributed by atoms with Crippen LogP contribution >= 0.6 is 0 Å². The Labute approximate surface area is 102 Å². The van der Waals surface area contributed by atoms with Crippen LogP contribution in [0.5, 0.6) is 5.75 Å². The van der Waals surface area contributed by atoms with Crippen LogP contribution in [0, 0.1) is 0 Å². The number of hydrogen-bond donors (Lipinski definition) is 2. The lowest BCUT2D eigenvalue weighted by Gasteiger charge is -2.14. The lowest BCUT2D eigenvalue weighted by Crippen LogP contribution is -2.19. The van der Waals surface area contributed by atoms with Gasteiger partial charge in [0.1, 0.15) is 5.75 Å². The Morgan fingerprint density at radius 1 is 1.29 bits per heavy atom. The first kappa shape index (κ1) is 13.4. The predicted molar refractivity (Wildman–Crippen MR) is 67.5 cm³/mol. The summed E-state index contributed by atoms with van der Waals surface area (Å²) in [5, 5.41) is 11.8. The van der Waals surface area contributed by atoms with Crippen molar-refractivity contribution in [3.63, 3.8) is 0 Å². The largest absolute Gasteiger partial charge is 0.491 e. The first-order chi connectivity index (χ1) is 7.97. The lowest BCUT2D eigenvalue weighted by atomic mass is 10.2. The zero-order chi connectivity index (χ0) is 12.8. The monoisotopic (exact) mass is 237 g/mol. The molecule has 0 saturated carbocycles. The van der Waals surface area contributed by atoms with Crippen LogP contribution in [-0.4, -0.2) is 23.2 Å². The van der Waals surface area contributed by atoms with Crippen LogP contribution < -0.4 is 10.1 Å². The quantitative estimate of drug-likeness (QED) is 0.798. The van der Waals surface area contributed by atoms with Crippen molar-refractivity contribution in [2.24, 2.45) is 0 Å². The minimum atomic E-state index is -0.801. The molecule has 1 rings (SSSR count). The molecule has 0 saturated heterocycles. The third kappa shape index (κ3) is 5.24. The van der Waals surface area contributed by atoms with Gasteiger partial charge in [0.05, 0.1) is 12.5 Å². The molecule has 17 heavy (non-hydrogen) atoms. The minimum absolute atomic E-state index is 0.0932. The number of benzene rings is 1. The molecular weight excluding hydrogens is 218 g/mol. The molecule has 0 aromatic heterocycles. The highest BCUT2D eigenvalue weighted by Gasteiger charge is 2.07. The highest BCUT2D eigenvalue weighted by molar-refractivity contribution is 5.68. The Morgan fingerprint density at radius 2 is 1.88 bits per heavy atom. The van der Waals surface area contributed by atoms with Crippen molar-refractivity contribution in [3.8, 4) is 5.75 Å². The summed E-state index contributed by atoms with van der Waals surface area (Å²) < 4.78 is 5.52. The molecule has 0 amide bonds. The Morgan fingerprint density at radius 3 is 2.35 bits per heavy atom. The van der Waals surface area contributed by atoms with E-state index >= 15 is 0 Å². The van der Waals surface area contributed by atoms with Crippen molar-refractivity contribution in [1.29, 1.82) is 0 Å². The summed E-state index contributed by atoms with van der Waals surface area (Å²) in [6, 6.07) is 7.42. The molecule has 0 aliphatic rings. The predicted octanol–water partition coefficient (Wildman–Crippen LogP) is 2.75. The van der Waals surface area contributed by atoms with Crippen molar-refractivity contribution >= 4 is 11.7 Å². The van der Waals surface area contributed by atoms with Gasteiger partial charge in [-0.25, -0.2) is 0 Å². The number of ether oxygens (including phenoxy) is 1. The smallest absolute Gasteiger partial charge is 0.305 e. The fraction of sp³-hybridized carbons (Fsp3) is 0.462. The van der Waals surface area contributed by atoms with Gasteiger partial charge in [-0.3, -0.25) is 4.79 Å². The van der Waals surface area contributed by atoms with E-state index in [1.807, 2.05) is 45.0 Å². The van der Waals surface area contributed by atoms with Crippen LogP contribution in [0.25, 0.3) is 0 Å². The molecule has 0 spiro atoms. The van der Waals surface area contributed by atoms with E-state index in [2.05, 4.69) is 5.32 Å². The third-order valence-electron chi connectivity index (χ3n) is 2.12. The van der Waals surface area contributed by atoms with E-state index in [1.54, 1.807) is 0 Å². The first-order valence-corrected chi connectivity index (χ1v) is 5.72. The van der Waals surface area contributed by atoms with Gasteiger partial charge in [0.2, 0.25) is 0 Å². The molecule has 0 radical (unpaired) electrons. The average molecular weight is 237 g/mol. The summed E-state index contributed by atoms with van der Waals surface area (Å²) in [5.74, 6) is 0.0150. The van der Waals surface area contributed by atoms with Crippen LogP contribution in [0.15, 0.2) is 24.3 Å². The summed E-state index contributed by atoms with van der Waals surface area (Å²) in [7, 11) is 0. The standard InChI is InChI=1S/C13H19NO3/c1-9(2)17-12-6-4-11(5-7-12)14-10(3)8-13(15)16/h4-7,9-10,14H,8H2,1-3H3,(H,15,16). The highest BCUT2D eigenvalue weighted by atomic mass is 16.5. The van der Waals surface area contributed by atoms with Gasteiger partial charge in [-0.05, 0) is 45.0 Å². The lowest BCUT2D eigenvalue weighted by molar-refractivity contribution is -0.137. The molecule has 4 heteroatoms. The number of rotatable bonds is 6. The Balaban J connectivity index is 2.53. The van der Waals surface area contributed by atoms with Gasteiger partial charge in [0.25, 0.3) is 0 Å². The van der Waals surface area contributed by atoms with E-state index in [9.17, 15) is 4.79 Å². The van der Waals surface area contributed by atoms with Crippen LogP contribution in [0.3, 0.4) is 0 Å². The zero-order valence-electron chi connectivity index (χ0n) is 10.4. The van der Waals surface area contributed by atoms with E-state index < -0.39 is 5.97 Å². The van der Waals surface area contributed by atoms with Crippen molar-refractivity contribution in [2.75, 3.05) is 5.32 Å². The van der Waals surface area contributed by atoms with E-state index in [0.29, 0.717) is 0 Å². The number of anilines is 1. The highest BCUT2D eigenvalue weighted by Crippen LogP contribution is 2.17. The number of hydrogen-bond acceptors (Lipinski definition) is 3. The van der Waals surface area contributed by atoms with Gasteiger partial charge in [0, 0.05) is 11.7 Å². The fourth-order valence-corrected chi connectivity index (χ4v) is 1.50. The Kier molecular flexibility index (Phi) is 4.82. The van der Waals surface area contributed by atoms with Gasteiger partial charge in [-0.2, -0.15) is 0 Å². The molecule has 0 fully saturated rings. The molecule has 0 bridgehead atoms. The van der Waals surface area contributed by atoms with Crippen LogP contribution in [0.2, 0.25) is 0 Å². The summed E-state index contributed by atoms with van der Waals surface area (Å²) in [4.78, 5) is 10.5. The van der Waals surface area contributed by atoms with Crippen LogP contribution in [0.4, 0.5) is 5.69 Å². The molecule has 1 unspecified atom stereocenters. The molecule has 2 N–H and O–H groups in total. The number of carboxylic acid groups (broad SMARTS) is 1. The van der Waals surface area contributed by atoms with Gasteiger partial charge in [-0.15, -0.1) is 0 Å². The molecule has 1 aromatic rings. The maximum Gasteiger partial charge on any atom is 0.305 e. The Bertz CT molecular complexity index is 359. The number of aliphatic carboxylic acids is 1. The van der Waals surface area contributed by atoms with Crippen LogP contribution in [0.1, 0.15) is 27.2 Å². The van der Waals surface area contributed by atoms with Gasteiger partial charge in [0.15, 0.2) is 0 Å². The second-order valence-electron chi connectivity index (χ2n) is 4.33. The summed E-state index contributed by atoms with van der Waals surface area (Å²) in [6.45, 7) is 5.79. The minimum Gasteiger partial charge on any atom is -0.491 e. The average Bonchev–Trinajstić information content (AvgIpc) is 2.18. The third-order valence-corrected chi connectivity index (χ3v) is 2.12. The van der Waals surface area contributed by atoms with Gasteiger partial charge < -0.3 is 15.2 Å². The number of carboxylic acids is 1. The van der Waals surface area contributed by atoms with Gasteiger partial charge >= 0.3 is 5.97 Å². The summed E-state index contributed by atoms with van der Waals surface area (Å²) in [6.07, 6.45) is 0.254. The van der Waals surface area contributed by atoms with Crippen molar-refractivity contribution in [2.45, 2.75) is 39.3 Å². The molecule has 0 heterocycles. The first-order valence-electron chi connectivity index (χ1n) is 5.72. The molecular formula is C13H19NO3. The normalized spacial score (nSPS) is 12.2. The molecule has 1 aromatic carbocycles. The van der Waals surface area contributed by atoms with E-state index in [1.165, 1.54) is 0 Å². The SMILES string of the molecule is CC(CC(=O)O)Nc1ccc(OC(C)C)cc1. The van der Waals surface area contributed by atoms with Gasteiger partial charge in [-0.1, -0.05) is 0 Å². The van der Waals surface area contributed by atoms with Crippen LogP contribution in [-0.2, 0) is 4.79 Å². The molecule has 94 valence electrons. The van der Waals surface area contributed by atoms with E-state index in [4.69, 9.17) is 9.84 Å². The second kappa shape index (κ2) is 6.13. The summed E-state index contributed by atoms with van der Waals surface area (Å²) >= 11 is 0. The maximum atomic E-state index is 10.5. The zero-order valence-corrected chi connectivity index (χ0v) is 10.4. The molecule has 4 nitrogen and oxygen atoms in total.